The molecule has 1 N–H and O–H groups in total. The Bertz CT molecular complexity index is 374. The van der Waals surface area contributed by atoms with Crippen molar-refractivity contribution in [2.24, 2.45) is 11.8 Å². The number of fused-ring (bicyclic) bond motifs is 2. The van der Waals surface area contributed by atoms with Crippen LogP contribution in [0.15, 0.2) is 12.4 Å². The second-order valence-electron chi connectivity index (χ2n) is 4.70. The summed E-state index contributed by atoms with van der Waals surface area (Å²) in [5.41, 5.74) is 1.05. The van der Waals surface area contributed by atoms with Crippen molar-refractivity contribution in [3.63, 3.8) is 0 Å². The van der Waals surface area contributed by atoms with Gasteiger partial charge in [-0.15, -0.1) is 12.4 Å². The van der Waals surface area contributed by atoms with Crippen molar-refractivity contribution in [1.82, 2.24) is 15.3 Å². The van der Waals surface area contributed by atoms with Crippen LogP contribution in [0.3, 0.4) is 0 Å². The van der Waals surface area contributed by atoms with Gasteiger partial charge in [0.1, 0.15) is 12.4 Å². The third-order valence-electron chi connectivity index (χ3n) is 3.67. The smallest absolute Gasteiger partial charge is 0.216 e. The number of piperidine rings is 2. The quantitative estimate of drug-likeness (QED) is 0.888. The zero-order valence-corrected chi connectivity index (χ0v) is 10.7. The van der Waals surface area contributed by atoms with Crippen LogP contribution in [0.4, 0.5) is 0 Å². The van der Waals surface area contributed by atoms with Gasteiger partial charge in [0, 0.05) is 36.7 Å². The van der Waals surface area contributed by atoms with Gasteiger partial charge in [-0.05, 0) is 12.8 Å². The van der Waals surface area contributed by atoms with Crippen molar-refractivity contribution in [1.29, 1.82) is 0 Å². The normalized spacial score (nSPS) is 30.1. The molecule has 1 aliphatic heterocycles. The molecule has 2 heterocycles. The van der Waals surface area contributed by atoms with Crippen LogP contribution in [-0.4, -0.2) is 29.2 Å². The van der Waals surface area contributed by atoms with Crippen LogP contribution in [0.2, 0.25) is 0 Å². The van der Waals surface area contributed by atoms with Crippen LogP contribution in [0.25, 0.3) is 0 Å². The van der Waals surface area contributed by atoms with Crippen molar-refractivity contribution >= 4 is 12.4 Å². The van der Waals surface area contributed by atoms with Gasteiger partial charge in [0.05, 0.1) is 0 Å². The fourth-order valence-corrected chi connectivity index (χ4v) is 2.67. The average molecular weight is 256 g/mol. The first-order chi connectivity index (χ1) is 7.86. The van der Waals surface area contributed by atoms with Crippen molar-refractivity contribution in [3.05, 3.63) is 18.1 Å². The fourth-order valence-electron chi connectivity index (χ4n) is 2.67. The van der Waals surface area contributed by atoms with Crippen molar-refractivity contribution in [2.45, 2.75) is 25.9 Å². The van der Waals surface area contributed by atoms with Crippen molar-refractivity contribution in [3.8, 4) is 5.88 Å². The second-order valence-corrected chi connectivity index (χ2v) is 4.70. The van der Waals surface area contributed by atoms with E-state index in [0.717, 1.165) is 31.1 Å². The summed E-state index contributed by atoms with van der Waals surface area (Å²) in [7, 11) is 0. The lowest BCUT2D eigenvalue weighted by atomic mass is 9.69. The summed E-state index contributed by atoms with van der Waals surface area (Å²) in [4.78, 5) is 8.36. The van der Waals surface area contributed by atoms with Gasteiger partial charge < -0.3 is 10.1 Å². The highest BCUT2D eigenvalue weighted by molar-refractivity contribution is 5.85. The molecule has 0 amide bonds. The van der Waals surface area contributed by atoms with Gasteiger partial charge in [-0.1, -0.05) is 6.92 Å². The molecule has 1 unspecified atom stereocenters. The van der Waals surface area contributed by atoms with E-state index in [4.69, 9.17) is 4.74 Å². The SMILES string of the molecule is CCc1cc(OC2[C@@H]3CNC[C@H]2C3)ncn1.Cl. The molecular formula is C12H18ClN3O. The lowest BCUT2D eigenvalue weighted by Gasteiger charge is -2.48. The second kappa shape index (κ2) is 5.19. The van der Waals surface area contributed by atoms with Crippen LogP contribution < -0.4 is 10.1 Å². The first kappa shape index (κ1) is 12.6. The predicted octanol–water partition coefficient (Wildman–Crippen LogP) is 1.45. The molecule has 0 spiro atoms. The fraction of sp³-hybridized carbons (Fsp3) is 0.667. The number of hydrogen-bond donors (Lipinski definition) is 1. The Labute approximate surface area is 108 Å². The number of hydrogen-bond acceptors (Lipinski definition) is 4. The Morgan fingerprint density at radius 1 is 1.35 bits per heavy atom. The Kier molecular flexibility index (Phi) is 3.84. The maximum atomic E-state index is 5.97. The molecule has 1 aromatic rings. The summed E-state index contributed by atoms with van der Waals surface area (Å²) >= 11 is 0. The van der Waals surface area contributed by atoms with E-state index in [0.29, 0.717) is 17.9 Å². The maximum Gasteiger partial charge on any atom is 0.216 e. The number of nitrogens with zero attached hydrogens (tertiary/aromatic N) is 2. The molecule has 1 aromatic heterocycles. The van der Waals surface area contributed by atoms with Crippen LogP contribution in [0, 0.1) is 11.8 Å². The van der Waals surface area contributed by atoms with Crippen LogP contribution >= 0.6 is 12.4 Å². The molecule has 0 aromatic carbocycles. The third kappa shape index (κ3) is 2.38. The van der Waals surface area contributed by atoms with Crippen molar-refractivity contribution < 1.29 is 4.74 Å². The Morgan fingerprint density at radius 2 is 2.12 bits per heavy atom. The molecule has 1 saturated carbocycles. The third-order valence-corrected chi connectivity index (χ3v) is 3.67. The number of ether oxygens (including phenoxy) is 1. The van der Waals surface area contributed by atoms with E-state index in [1.54, 1.807) is 6.33 Å². The molecule has 17 heavy (non-hydrogen) atoms. The van der Waals surface area contributed by atoms with E-state index in [1.807, 2.05) is 6.07 Å². The summed E-state index contributed by atoms with van der Waals surface area (Å²) in [5.74, 6) is 2.10. The van der Waals surface area contributed by atoms with Gasteiger partial charge in [-0.2, -0.15) is 0 Å². The van der Waals surface area contributed by atoms with Crippen LogP contribution in [0.1, 0.15) is 19.0 Å². The van der Waals surface area contributed by atoms with Crippen LogP contribution in [0.5, 0.6) is 5.88 Å². The van der Waals surface area contributed by atoms with Gasteiger partial charge in [0.15, 0.2) is 0 Å². The van der Waals surface area contributed by atoms with Gasteiger partial charge in [0.2, 0.25) is 5.88 Å². The molecule has 5 heteroatoms. The standard InChI is InChI=1S/C12H17N3O.ClH/c1-2-10-4-11(15-7-14-10)16-12-8-3-9(12)6-13-5-8;/h4,7-9,12-13H,2-3,5-6H2,1H3;1H/t8-,9+,12?;. The predicted molar refractivity (Wildman–Crippen MR) is 67.5 cm³/mol. The topological polar surface area (TPSA) is 47.0 Å². The van der Waals surface area contributed by atoms with E-state index >= 15 is 0 Å². The Balaban J connectivity index is 0.00000108. The summed E-state index contributed by atoms with van der Waals surface area (Å²) < 4.78 is 5.97. The molecule has 2 bridgehead atoms. The van der Waals surface area contributed by atoms with Gasteiger partial charge in [-0.25, -0.2) is 9.97 Å². The molecule has 4 nitrogen and oxygen atoms in total. The van der Waals surface area contributed by atoms with E-state index in [-0.39, 0.29) is 12.4 Å². The number of aryl methyl sites for hydroxylation is 1. The molecule has 3 atom stereocenters. The van der Waals surface area contributed by atoms with Gasteiger partial charge in [0.25, 0.3) is 0 Å². The van der Waals surface area contributed by atoms with E-state index < -0.39 is 0 Å². The molecule has 94 valence electrons. The molecule has 1 saturated heterocycles. The summed E-state index contributed by atoms with van der Waals surface area (Å²) in [6.45, 7) is 4.27. The first-order valence-electron chi connectivity index (χ1n) is 6.05. The average Bonchev–Trinajstić information content (AvgIpc) is 2.37. The minimum Gasteiger partial charge on any atom is -0.474 e. The maximum absolute atomic E-state index is 5.97. The number of aromatic nitrogens is 2. The van der Waals surface area contributed by atoms with E-state index in [2.05, 4.69) is 22.2 Å². The lowest BCUT2D eigenvalue weighted by Crippen LogP contribution is -2.59. The largest absolute Gasteiger partial charge is 0.474 e. The van der Waals surface area contributed by atoms with Gasteiger partial charge >= 0.3 is 0 Å². The summed E-state index contributed by atoms with van der Waals surface area (Å²) in [6.07, 6.45) is 4.21. The highest BCUT2D eigenvalue weighted by atomic mass is 35.5. The number of rotatable bonds is 3. The zero-order chi connectivity index (χ0) is 11.0. The first-order valence-corrected chi connectivity index (χ1v) is 6.05. The number of nitrogens with one attached hydrogen (secondary N) is 1. The summed E-state index contributed by atoms with van der Waals surface area (Å²) in [5, 5.41) is 3.41. The minimum atomic E-state index is 0. The highest BCUT2D eigenvalue weighted by Gasteiger charge is 2.45. The van der Waals surface area contributed by atoms with Crippen molar-refractivity contribution in [2.75, 3.05) is 13.1 Å². The molecule has 2 fully saturated rings. The van der Waals surface area contributed by atoms with E-state index in [1.165, 1.54) is 6.42 Å². The lowest BCUT2D eigenvalue weighted by molar-refractivity contribution is -0.0471. The highest BCUT2D eigenvalue weighted by Crippen LogP contribution is 2.39. The number of halogens is 1. The van der Waals surface area contributed by atoms with Crippen LogP contribution in [-0.2, 0) is 6.42 Å². The molecule has 1 aliphatic carbocycles. The molecule has 2 aliphatic rings. The van der Waals surface area contributed by atoms with E-state index in [9.17, 15) is 0 Å². The molecule has 0 radical (unpaired) electrons. The van der Waals surface area contributed by atoms with Gasteiger partial charge in [-0.3, -0.25) is 0 Å². The summed E-state index contributed by atoms with van der Waals surface area (Å²) in [6, 6.07) is 1.96. The molecular weight excluding hydrogens is 238 g/mol. The Morgan fingerprint density at radius 3 is 2.76 bits per heavy atom. The zero-order valence-electron chi connectivity index (χ0n) is 9.93. The monoisotopic (exact) mass is 255 g/mol. The Hall–Kier alpha value is -0.870. The minimum absolute atomic E-state index is 0. The molecule has 3 rings (SSSR count).